The van der Waals surface area contributed by atoms with E-state index in [4.69, 9.17) is 9.15 Å². The number of aliphatic hydroxyl groups is 1. The highest BCUT2D eigenvalue weighted by molar-refractivity contribution is 5.95. The van der Waals surface area contributed by atoms with Crippen LogP contribution in [0.5, 0.6) is 5.75 Å². The van der Waals surface area contributed by atoms with Gasteiger partial charge in [0.15, 0.2) is 0 Å². The van der Waals surface area contributed by atoms with E-state index in [-0.39, 0.29) is 5.91 Å². The van der Waals surface area contributed by atoms with E-state index in [2.05, 4.69) is 53.7 Å². The molecule has 4 rings (SSSR count). The van der Waals surface area contributed by atoms with Gasteiger partial charge in [-0.25, -0.2) is 4.98 Å². The van der Waals surface area contributed by atoms with Crippen molar-refractivity contribution in [3.05, 3.63) is 108 Å². The molecule has 2 atom stereocenters. The molecule has 0 aliphatic rings. The lowest BCUT2D eigenvalue weighted by Gasteiger charge is -2.26. The van der Waals surface area contributed by atoms with Crippen molar-refractivity contribution in [2.24, 2.45) is 0 Å². The molecule has 0 spiro atoms. The van der Waals surface area contributed by atoms with Crippen LogP contribution in [0.25, 0.3) is 11.5 Å². The van der Waals surface area contributed by atoms with Crippen LogP contribution in [0.2, 0.25) is 0 Å². The largest absolute Gasteiger partial charge is 0.493 e. The fourth-order valence-corrected chi connectivity index (χ4v) is 4.92. The minimum Gasteiger partial charge on any atom is -0.493 e. The molecular formula is C35H43N3O4. The van der Waals surface area contributed by atoms with Crippen LogP contribution in [-0.4, -0.2) is 41.3 Å². The number of aliphatic hydroxyl groups excluding tert-OH is 1. The minimum atomic E-state index is -0.837. The first-order chi connectivity index (χ1) is 20.6. The Labute approximate surface area is 249 Å². The molecule has 0 aliphatic carbocycles. The van der Waals surface area contributed by atoms with Crippen molar-refractivity contribution in [2.45, 2.75) is 71.1 Å². The Kier molecular flexibility index (Phi) is 12.2. The van der Waals surface area contributed by atoms with Crippen LogP contribution in [0, 0.1) is 0 Å². The number of carbonyl (C=O) groups excluding carboxylic acids is 1. The minimum absolute atomic E-state index is 0.277. The Morgan fingerprint density at radius 3 is 2.62 bits per heavy atom. The number of aromatic nitrogens is 1. The molecule has 0 fully saturated rings. The van der Waals surface area contributed by atoms with Gasteiger partial charge in [0.25, 0.3) is 5.91 Å². The van der Waals surface area contributed by atoms with Crippen molar-refractivity contribution in [2.75, 3.05) is 13.2 Å². The first-order valence-electron chi connectivity index (χ1n) is 15.1. The van der Waals surface area contributed by atoms with Crippen LogP contribution in [0.3, 0.4) is 0 Å². The number of nitrogens with one attached hydrogen (secondary N) is 2. The molecule has 7 heteroatoms. The summed E-state index contributed by atoms with van der Waals surface area (Å²) in [4.78, 5) is 17.7. The molecule has 4 aromatic rings. The third kappa shape index (κ3) is 9.29. The smallest absolute Gasteiger partial charge is 0.251 e. The van der Waals surface area contributed by atoms with Crippen LogP contribution in [-0.2, 0) is 19.4 Å². The summed E-state index contributed by atoms with van der Waals surface area (Å²) in [6, 6.07) is 22.9. The Balaban J connectivity index is 1.47. The zero-order valence-electron chi connectivity index (χ0n) is 24.7. The van der Waals surface area contributed by atoms with Crippen LogP contribution in [0.15, 0.2) is 89.7 Å². The number of aryl methyl sites for hydroxylation is 1. The number of benzene rings is 3. The summed E-state index contributed by atoms with van der Waals surface area (Å²) in [6.45, 7) is 5.91. The normalized spacial score (nSPS) is 12.5. The number of oxazole rings is 1. The number of hydrogen-bond donors (Lipinski definition) is 3. The Bertz CT molecular complexity index is 1370. The lowest BCUT2D eigenvalue weighted by molar-refractivity contribution is 0.0829. The number of rotatable bonds is 17. The van der Waals surface area contributed by atoms with Crippen LogP contribution in [0.1, 0.15) is 66.6 Å². The van der Waals surface area contributed by atoms with Crippen LogP contribution < -0.4 is 15.4 Å². The van der Waals surface area contributed by atoms with Crippen LogP contribution >= 0.6 is 0 Å². The number of hydrogen-bond acceptors (Lipinski definition) is 6. The van der Waals surface area contributed by atoms with E-state index < -0.39 is 12.1 Å². The second-order valence-corrected chi connectivity index (χ2v) is 10.6. The van der Waals surface area contributed by atoms with E-state index in [1.165, 1.54) is 24.7 Å². The highest BCUT2D eigenvalue weighted by Gasteiger charge is 2.24. The molecule has 0 saturated carbocycles. The van der Waals surface area contributed by atoms with Gasteiger partial charge < -0.3 is 24.9 Å². The summed E-state index contributed by atoms with van der Waals surface area (Å²) in [5.74, 6) is 0.958. The average molecular weight is 570 g/mol. The molecule has 1 heterocycles. The molecule has 42 heavy (non-hydrogen) atoms. The van der Waals surface area contributed by atoms with Gasteiger partial charge in [0.2, 0.25) is 5.89 Å². The predicted molar refractivity (Wildman–Crippen MR) is 167 cm³/mol. The molecule has 222 valence electrons. The molecule has 0 saturated heterocycles. The Morgan fingerprint density at radius 2 is 1.81 bits per heavy atom. The lowest BCUT2D eigenvalue weighted by atomic mass is 9.99. The fraction of sp³-hybridized carbons (Fsp3) is 0.371. The van der Waals surface area contributed by atoms with Crippen molar-refractivity contribution < 1.29 is 19.1 Å². The van der Waals surface area contributed by atoms with Gasteiger partial charge in [-0.1, -0.05) is 81.6 Å². The number of nitrogens with zero attached hydrogens (tertiary/aromatic N) is 1. The number of unbranched alkanes of at least 4 members (excludes halogenated alkanes) is 3. The van der Waals surface area contributed by atoms with E-state index in [0.29, 0.717) is 43.1 Å². The predicted octanol–water partition coefficient (Wildman–Crippen LogP) is 6.35. The molecule has 3 N–H and O–H groups in total. The average Bonchev–Trinajstić information content (AvgIpc) is 3.57. The zero-order valence-corrected chi connectivity index (χ0v) is 24.7. The summed E-state index contributed by atoms with van der Waals surface area (Å²) >= 11 is 0. The third-order valence-corrected chi connectivity index (χ3v) is 7.34. The molecular weight excluding hydrogens is 526 g/mol. The number of carbonyl (C=O) groups is 1. The quantitative estimate of drug-likeness (QED) is 0.128. The van der Waals surface area contributed by atoms with Crippen molar-refractivity contribution in [3.63, 3.8) is 0 Å². The third-order valence-electron chi connectivity index (χ3n) is 7.34. The summed E-state index contributed by atoms with van der Waals surface area (Å²) in [6.07, 6.45) is 8.13. The molecule has 0 bridgehead atoms. The molecule has 0 unspecified atom stereocenters. The van der Waals surface area contributed by atoms with Gasteiger partial charge in [0.05, 0.1) is 24.9 Å². The molecule has 0 radical (unpaired) electrons. The summed E-state index contributed by atoms with van der Waals surface area (Å²) in [5.41, 5.74) is 4.56. The van der Waals surface area contributed by atoms with Gasteiger partial charge in [0, 0.05) is 24.2 Å². The summed E-state index contributed by atoms with van der Waals surface area (Å²) < 4.78 is 11.6. The first kappa shape index (κ1) is 31.0. The summed E-state index contributed by atoms with van der Waals surface area (Å²) in [7, 11) is 0. The van der Waals surface area contributed by atoms with Gasteiger partial charge in [-0.05, 0) is 60.2 Å². The molecule has 3 aromatic carbocycles. The Hall–Kier alpha value is -3.94. The van der Waals surface area contributed by atoms with E-state index in [1.54, 1.807) is 24.4 Å². The monoisotopic (exact) mass is 569 g/mol. The van der Waals surface area contributed by atoms with E-state index in [0.717, 1.165) is 36.1 Å². The second kappa shape index (κ2) is 16.5. The lowest BCUT2D eigenvalue weighted by Crippen LogP contribution is -2.48. The molecule has 1 aromatic heterocycles. The van der Waals surface area contributed by atoms with Gasteiger partial charge in [-0.2, -0.15) is 0 Å². The van der Waals surface area contributed by atoms with Gasteiger partial charge >= 0.3 is 0 Å². The van der Waals surface area contributed by atoms with E-state index in [1.807, 2.05) is 30.3 Å². The van der Waals surface area contributed by atoms with Gasteiger partial charge in [-0.15, -0.1) is 0 Å². The second-order valence-electron chi connectivity index (χ2n) is 10.6. The van der Waals surface area contributed by atoms with Gasteiger partial charge in [0.1, 0.15) is 12.0 Å². The maximum atomic E-state index is 13.5. The van der Waals surface area contributed by atoms with E-state index in [9.17, 15) is 9.90 Å². The Morgan fingerprint density at radius 1 is 0.976 bits per heavy atom. The van der Waals surface area contributed by atoms with Crippen LogP contribution in [0.4, 0.5) is 0 Å². The molecule has 0 aliphatic heterocycles. The standard InChI is InChI=1S/C35H43N3O4/c1-3-5-6-9-19-41-33-17-8-7-14-28(33)23-31(32(39)25-36-24-27-13-10-12-26(4-2)21-27)38-34(40)29-15-11-16-30(22-29)35-37-18-20-42-35/h7-8,10-18,20-22,31-32,36,39H,3-6,9,19,23-25H2,1-2H3,(H,38,40)/t31-,32-/m0/s1. The molecule has 1 amide bonds. The van der Waals surface area contributed by atoms with Crippen molar-refractivity contribution >= 4 is 5.91 Å². The highest BCUT2D eigenvalue weighted by Crippen LogP contribution is 2.22. The number of para-hydroxylation sites is 1. The van der Waals surface area contributed by atoms with Crippen molar-refractivity contribution in [3.8, 4) is 17.2 Å². The summed E-state index contributed by atoms with van der Waals surface area (Å²) in [5, 5.41) is 17.8. The zero-order chi connectivity index (χ0) is 29.6. The number of amides is 1. The highest BCUT2D eigenvalue weighted by atomic mass is 16.5. The first-order valence-corrected chi connectivity index (χ1v) is 15.1. The molecule has 7 nitrogen and oxygen atoms in total. The number of ether oxygens (including phenoxy) is 1. The fourth-order valence-electron chi connectivity index (χ4n) is 4.92. The van der Waals surface area contributed by atoms with E-state index >= 15 is 0 Å². The maximum Gasteiger partial charge on any atom is 0.251 e. The SMILES string of the molecule is CCCCCCOc1ccccc1C[C@H](NC(=O)c1cccc(-c2ncco2)c1)[C@@H](O)CNCc1cccc(CC)c1. The maximum absolute atomic E-state index is 13.5. The van der Waals surface area contributed by atoms with Crippen molar-refractivity contribution in [1.82, 2.24) is 15.6 Å². The topological polar surface area (TPSA) is 96.6 Å². The van der Waals surface area contributed by atoms with Crippen molar-refractivity contribution in [1.29, 1.82) is 0 Å². The van der Waals surface area contributed by atoms with Gasteiger partial charge in [-0.3, -0.25) is 4.79 Å².